The molecule has 2 heterocycles. The second-order valence-corrected chi connectivity index (χ2v) is 6.38. The number of nitrogens with zero attached hydrogens (tertiary/aromatic N) is 5. The molecule has 0 aliphatic carbocycles. The third-order valence-corrected chi connectivity index (χ3v) is 4.21. The highest BCUT2D eigenvalue weighted by Crippen LogP contribution is 2.18. The highest BCUT2D eigenvalue weighted by molar-refractivity contribution is 5.94. The molecule has 7 heteroatoms. The van der Waals surface area contributed by atoms with Gasteiger partial charge in [-0.25, -0.2) is 0 Å². The smallest absolute Gasteiger partial charge is 0.254 e. The van der Waals surface area contributed by atoms with Crippen molar-refractivity contribution in [3.63, 3.8) is 0 Å². The molecule has 0 saturated carbocycles. The molecule has 0 spiro atoms. The number of hydrogen-bond donors (Lipinski definition) is 0. The zero-order valence-electron chi connectivity index (χ0n) is 15.8. The molecule has 140 valence electrons. The van der Waals surface area contributed by atoms with Crippen molar-refractivity contribution in [2.45, 2.75) is 13.5 Å². The third kappa shape index (κ3) is 4.77. The van der Waals surface area contributed by atoms with Crippen molar-refractivity contribution >= 4 is 5.91 Å². The standard InChI is InChI=1S/C20H23N5O2/c1-15-4-9-19(23-22-15)17-5-7-18(8-6-17)20(26)25(10-11-27-3)14-16-12-21-24(2)13-16/h4-9,12-13H,10-11,14H2,1-3H3. The topological polar surface area (TPSA) is 73.1 Å². The fourth-order valence-corrected chi connectivity index (χ4v) is 2.75. The normalized spacial score (nSPS) is 10.8. The summed E-state index contributed by atoms with van der Waals surface area (Å²) < 4.78 is 6.89. The lowest BCUT2D eigenvalue weighted by Gasteiger charge is -2.22. The van der Waals surface area contributed by atoms with E-state index in [1.165, 1.54) is 0 Å². The van der Waals surface area contributed by atoms with Gasteiger partial charge in [0.25, 0.3) is 5.91 Å². The van der Waals surface area contributed by atoms with Gasteiger partial charge in [0, 0.05) is 50.1 Å². The number of benzene rings is 1. The summed E-state index contributed by atoms with van der Waals surface area (Å²) in [5.74, 6) is -0.0440. The lowest BCUT2D eigenvalue weighted by Crippen LogP contribution is -2.33. The van der Waals surface area contributed by atoms with E-state index in [4.69, 9.17) is 4.74 Å². The van der Waals surface area contributed by atoms with Gasteiger partial charge in [-0.15, -0.1) is 0 Å². The molecule has 1 amide bonds. The van der Waals surface area contributed by atoms with E-state index in [0.29, 0.717) is 25.3 Å². The molecule has 3 aromatic rings. The van der Waals surface area contributed by atoms with E-state index in [2.05, 4.69) is 15.3 Å². The van der Waals surface area contributed by atoms with Crippen LogP contribution in [0.1, 0.15) is 21.6 Å². The van der Waals surface area contributed by atoms with Crippen LogP contribution in [0.3, 0.4) is 0 Å². The first-order valence-corrected chi connectivity index (χ1v) is 8.73. The Labute approximate surface area is 158 Å². The van der Waals surface area contributed by atoms with Crippen molar-refractivity contribution in [3.05, 3.63) is 65.6 Å². The first kappa shape index (κ1) is 18.7. The predicted molar refractivity (Wildman–Crippen MR) is 102 cm³/mol. The van der Waals surface area contributed by atoms with Crippen LogP contribution in [0.25, 0.3) is 11.3 Å². The van der Waals surface area contributed by atoms with E-state index in [9.17, 15) is 4.79 Å². The SMILES string of the molecule is COCCN(Cc1cnn(C)c1)C(=O)c1ccc(-c2ccc(C)nn2)cc1. The van der Waals surface area contributed by atoms with Gasteiger partial charge in [0.05, 0.1) is 24.2 Å². The van der Waals surface area contributed by atoms with Gasteiger partial charge in [0.15, 0.2) is 0 Å². The molecule has 27 heavy (non-hydrogen) atoms. The highest BCUT2D eigenvalue weighted by Gasteiger charge is 2.17. The second kappa shape index (κ2) is 8.55. The van der Waals surface area contributed by atoms with Gasteiger partial charge >= 0.3 is 0 Å². The molecule has 0 N–H and O–H groups in total. The number of amides is 1. The first-order valence-electron chi connectivity index (χ1n) is 8.73. The van der Waals surface area contributed by atoms with Crippen LogP contribution in [0.15, 0.2) is 48.8 Å². The lowest BCUT2D eigenvalue weighted by molar-refractivity contribution is 0.0680. The van der Waals surface area contributed by atoms with Gasteiger partial charge < -0.3 is 9.64 Å². The van der Waals surface area contributed by atoms with Crippen LogP contribution in [-0.2, 0) is 18.3 Å². The zero-order valence-corrected chi connectivity index (χ0v) is 15.8. The number of ether oxygens (including phenoxy) is 1. The minimum absolute atomic E-state index is 0.0440. The Morgan fingerprint density at radius 3 is 2.52 bits per heavy atom. The number of methoxy groups -OCH3 is 1. The molecule has 0 aliphatic heterocycles. The molecule has 7 nitrogen and oxygen atoms in total. The Kier molecular flexibility index (Phi) is 5.93. The maximum absolute atomic E-state index is 13.0. The average Bonchev–Trinajstić information content (AvgIpc) is 3.10. The molecule has 0 bridgehead atoms. The summed E-state index contributed by atoms with van der Waals surface area (Å²) in [7, 11) is 3.49. The zero-order chi connectivity index (χ0) is 19.2. The lowest BCUT2D eigenvalue weighted by atomic mass is 10.1. The molecular weight excluding hydrogens is 342 g/mol. The quantitative estimate of drug-likeness (QED) is 0.643. The van der Waals surface area contributed by atoms with E-state index >= 15 is 0 Å². The molecule has 0 aliphatic rings. The Morgan fingerprint density at radius 2 is 1.93 bits per heavy atom. The fraction of sp³-hybridized carbons (Fsp3) is 0.300. The van der Waals surface area contributed by atoms with Crippen molar-refractivity contribution in [1.82, 2.24) is 24.9 Å². The molecule has 0 radical (unpaired) electrons. The number of hydrogen-bond acceptors (Lipinski definition) is 5. The van der Waals surface area contributed by atoms with Crippen LogP contribution in [-0.4, -0.2) is 51.0 Å². The first-order chi connectivity index (χ1) is 13.1. The van der Waals surface area contributed by atoms with E-state index < -0.39 is 0 Å². The summed E-state index contributed by atoms with van der Waals surface area (Å²) in [4.78, 5) is 14.7. The molecule has 0 unspecified atom stereocenters. The highest BCUT2D eigenvalue weighted by atomic mass is 16.5. The fourth-order valence-electron chi connectivity index (χ4n) is 2.75. The summed E-state index contributed by atoms with van der Waals surface area (Å²) >= 11 is 0. The number of aromatic nitrogens is 4. The Morgan fingerprint density at radius 1 is 1.15 bits per heavy atom. The van der Waals surface area contributed by atoms with E-state index in [1.807, 2.05) is 56.6 Å². The largest absolute Gasteiger partial charge is 0.383 e. The van der Waals surface area contributed by atoms with E-state index in [0.717, 1.165) is 22.5 Å². The van der Waals surface area contributed by atoms with Gasteiger partial charge in [-0.05, 0) is 31.2 Å². The molecular formula is C20H23N5O2. The minimum Gasteiger partial charge on any atom is -0.383 e. The van der Waals surface area contributed by atoms with Crippen molar-refractivity contribution in [1.29, 1.82) is 0 Å². The Bertz CT molecular complexity index is 887. The van der Waals surface area contributed by atoms with Crippen LogP contribution in [0, 0.1) is 6.92 Å². The molecule has 1 aromatic carbocycles. The van der Waals surface area contributed by atoms with Crippen molar-refractivity contribution < 1.29 is 9.53 Å². The van der Waals surface area contributed by atoms with E-state index in [1.54, 1.807) is 22.9 Å². The average molecular weight is 365 g/mol. The molecule has 2 aromatic heterocycles. The molecule has 0 fully saturated rings. The Balaban J connectivity index is 1.77. The van der Waals surface area contributed by atoms with Gasteiger partial charge in [-0.1, -0.05) is 12.1 Å². The molecule has 0 saturated heterocycles. The van der Waals surface area contributed by atoms with Crippen molar-refractivity contribution in [3.8, 4) is 11.3 Å². The van der Waals surface area contributed by atoms with E-state index in [-0.39, 0.29) is 5.91 Å². The van der Waals surface area contributed by atoms with Crippen molar-refractivity contribution in [2.24, 2.45) is 7.05 Å². The van der Waals surface area contributed by atoms with Crippen molar-refractivity contribution in [2.75, 3.05) is 20.3 Å². The van der Waals surface area contributed by atoms with Gasteiger partial charge in [0.1, 0.15) is 0 Å². The third-order valence-electron chi connectivity index (χ3n) is 4.21. The number of aryl methyl sites for hydroxylation is 2. The predicted octanol–water partition coefficient (Wildman–Crippen LogP) is 2.47. The van der Waals surface area contributed by atoms with Gasteiger partial charge in [-0.2, -0.15) is 15.3 Å². The second-order valence-electron chi connectivity index (χ2n) is 6.38. The molecule has 3 rings (SSSR count). The van der Waals surface area contributed by atoms with Crippen LogP contribution in [0.4, 0.5) is 0 Å². The molecule has 0 atom stereocenters. The monoisotopic (exact) mass is 365 g/mol. The minimum atomic E-state index is -0.0440. The number of carbonyl (C=O) groups is 1. The number of carbonyl (C=O) groups excluding carboxylic acids is 1. The maximum Gasteiger partial charge on any atom is 0.254 e. The summed E-state index contributed by atoms with van der Waals surface area (Å²) in [5.41, 5.74) is 4.18. The summed E-state index contributed by atoms with van der Waals surface area (Å²) in [6, 6.07) is 11.3. The van der Waals surface area contributed by atoms with Crippen LogP contribution < -0.4 is 0 Å². The van der Waals surface area contributed by atoms with Crippen LogP contribution in [0.5, 0.6) is 0 Å². The Hall–Kier alpha value is -3.06. The summed E-state index contributed by atoms with van der Waals surface area (Å²) in [6.07, 6.45) is 3.68. The van der Waals surface area contributed by atoms with Gasteiger partial charge in [0.2, 0.25) is 0 Å². The maximum atomic E-state index is 13.0. The summed E-state index contributed by atoms with van der Waals surface area (Å²) in [6.45, 7) is 3.37. The van der Waals surface area contributed by atoms with Crippen LogP contribution >= 0.6 is 0 Å². The summed E-state index contributed by atoms with van der Waals surface area (Å²) in [5, 5.41) is 12.4. The number of rotatable bonds is 7. The van der Waals surface area contributed by atoms with Crippen LogP contribution in [0.2, 0.25) is 0 Å². The van der Waals surface area contributed by atoms with Gasteiger partial charge in [-0.3, -0.25) is 9.48 Å².